The Morgan fingerprint density at radius 1 is 0.844 bits per heavy atom. The highest BCUT2D eigenvalue weighted by atomic mass is 35.5. The van der Waals surface area contributed by atoms with Crippen molar-refractivity contribution in [2.75, 3.05) is 41.4 Å². The Labute approximate surface area is 196 Å². The van der Waals surface area contributed by atoms with E-state index in [2.05, 4.69) is 30.3 Å². The zero-order chi connectivity index (χ0) is 21.9. The Hall–Kier alpha value is -2.84. The maximum absolute atomic E-state index is 6.09. The van der Waals surface area contributed by atoms with E-state index in [0.29, 0.717) is 39.4 Å². The van der Waals surface area contributed by atoms with Crippen LogP contribution in [0.15, 0.2) is 39.9 Å². The molecule has 0 unspecified atom stereocenters. The average molecular weight is 472 g/mol. The summed E-state index contributed by atoms with van der Waals surface area (Å²) in [6, 6.07) is 8.96. The molecular formula is C22H23Cl2N7O. The molecule has 2 aromatic heterocycles. The summed E-state index contributed by atoms with van der Waals surface area (Å²) in [7, 11) is 0. The number of nitrogens with zero attached hydrogens (tertiary/aromatic N) is 6. The third-order valence-corrected chi connectivity index (χ3v) is 5.96. The van der Waals surface area contributed by atoms with Gasteiger partial charge in [-0.3, -0.25) is 0 Å². The monoisotopic (exact) mass is 471 g/mol. The van der Waals surface area contributed by atoms with Crippen LogP contribution in [0.4, 0.5) is 17.8 Å². The van der Waals surface area contributed by atoms with Crippen molar-refractivity contribution in [3.63, 3.8) is 0 Å². The summed E-state index contributed by atoms with van der Waals surface area (Å²) in [5.74, 6) is 3.07. The summed E-state index contributed by atoms with van der Waals surface area (Å²) in [4.78, 5) is 18.3. The van der Waals surface area contributed by atoms with Crippen LogP contribution in [0.3, 0.4) is 0 Å². The first-order valence-electron chi connectivity index (χ1n) is 10.8. The Bertz CT molecular complexity index is 1070. The van der Waals surface area contributed by atoms with Crippen molar-refractivity contribution in [3.05, 3.63) is 46.1 Å². The Balaban J connectivity index is 1.33. The Kier molecular flexibility index (Phi) is 6.14. The van der Waals surface area contributed by atoms with Crippen LogP contribution in [0, 0.1) is 0 Å². The maximum atomic E-state index is 6.09. The molecule has 8 nitrogen and oxygen atoms in total. The van der Waals surface area contributed by atoms with Gasteiger partial charge in [-0.25, -0.2) is 5.43 Å². The fourth-order valence-electron chi connectivity index (χ4n) is 3.95. The van der Waals surface area contributed by atoms with Gasteiger partial charge < -0.3 is 14.2 Å². The third kappa shape index (κ3) is 4.81. The van der Waals surface area contributed by atoms with Gasteiger partial charge in [0.25, 0.3) is 0 Å². The van der Waals surface area contributed by atoms with E-state index < -0.39 is 0 Å². The second-order valence-corrected chi connectivity index (χ2v) is 8.75. The number of hydrazone groups is 1. The second kappa shape index (κ2) is 9.34. The predicted molar refractivity (Wildman–Crippen MR) is 128 cm³/mol. The van der Waals surface area contributed by atoms with Crippen LogP contribution in [0.2, 0.25) is 10.0 Å². The van der Waals surface area contributed by atoms with E-state index in [1.54, 1.807) is 24.4 Å². The molecule has 3 aromatic rings. The fourth-order valence-corrected chi connectivity index (χ4v) is 4.47. The lowest BCUT2D eigenvalue weighted by molar-refractivity contribution is 0.575. The van der Waals surface area contributed by atoms with E-state index in [1.807, 2.05) is 12.1 Å². The van der Waals surface area contributed by atoms with Crippen LogP contribution in [0.25, 0.3) is 11.3 Å². The third-order valence-electron chi connectivity index (χ3n) is 5.52. The normalized spacial score (nSPS) is 16.4. The quantitative estimate of drug-likeness (QED) is 0.396. The fraction of sp³-hybridized carbons (Fsp3) is 0.364. The molecule has 0 saturated carbocycles. The minimum atomic E-state index is 0.424. The lowest BCUT2D eigenvalue weighted by Crippen LogP contribution is -2.25. The van der Waals surface area contributed by atoms with Gasteiger partial charge in [0.1, 0.15) is 11.5 Å². The van der Waals surface area contributed by atoms with E-state index in [0.717, 1.165) is 57.4 Å². The van der Waals surface area contributed by atoms with Crippen molar-refractivity contribution >= 4 is 47.3 Å². The van der Waals surface area contributed by atoms with Gasteiger partial charge in [0.15, 0.2) is 0 Å². The zero-order valence-corrected chi connectivity index (χ0v) is 19.0. The summed E-state index contributed by atoms with van der Waals surface area (Å²) in [5.41, 5.74) is 3.74. The second-order valence-electron chi connectivity index (χ2n) is 7.88. The van der Waals surface area contributed by atoms with Gasteiger partial charge >= 0.3 is 0 Å². The number of rotatable bonds is 6. The first-order chi connectivity index (χ1) is 15.6. The smallest absolute Gasteiger partial charge is 0.250 e. The molecule has 0 radical (unpaired) electrons. The molecule has 2 saturated heterocycles. The molecule has 0 aliphatic carbocycles. The standard InChI is InChI=1S/C22H23Cl2N7O/c23-16-11-15(12-17(24)13-16)19-6-5-18(32-19)14-25-29-20-26-21(30-7-1-2-8-30)28-22(27-20)31-9-3-4-10-31/h5-6,11-14H,1-4,7-10H2,(H,26,27,28,29)/b25-14+. The maximum Gasteiger partial charge on any atom is 0.250 e. The number of aromatic nitrogens is 3. The molecule has 0 atom stereocenters. The lowest BCUT2D eigenvalue weighted by Gasteiger charge is -2.20. The van der Waals surface area contributed by atoms with E-state index in [4.69, 9.17) is 32.6 Å². The number of hydrogen-bond acceptors (Lipinski definition) is 8. The first kappa shape index (κ1) is 21.0. The summed E-state index contributed by atoms with van der Waals surface area (Å²) in [6.07, 6.45) is 6.22. The number of anilines is 3. The number of hydrogen-bond donors (Lipinski definition) is 1. The molecule has 2 fully saturated rings. The topological polar surface area (TPSA) is 82.7 Å². The van der Waals surface area contributed by atoms with Crippen LogP contribution in [-0.4, -0.2) is 47.3 Å². The lowest BCUT2D eigenvalue weighted by atomic mass is 10.2. The number of benzene rings is 1. The van der Waals surface area contributed by atoms with E-state index >= 15 is 0 Å². The molecule has 5 rings (SSSR count). The summed E-state index contributed by atoms with van der Waals surface area (Å²) >= 11 is 12.2. The molecule has 1 aromatic carbocycles. The van der Waals surface area contributed by atoms with Gasteiger partial charge in [-0.2, -0.15) is 20.1 Å². The van der Waals surface area contributed by atoms with Crippen LogP contribution < -0.4 is 15.2 Å². The van der Waals surface area contributed by atoms with E-state index in [1.165, 1.54) is 0 Å². The number of halogens is 2. The van der Waals surface area contributed by atoms with Crippen LogP contribution >= 0.6 is 23.2 Å². The van der Waals surface area contributed by atoms with Crippen molar-refractivity contribution < 1.29 is 4.42 Å². The highest BCUT2D eigenvalue weighted by Crippen LogP contribution is 2.28. The molecule has 0 spiro atoms. The molecule has 166 valence electrons. The van der Waals surface area contributed by atoms with E-state index in [9.17, 15) is 0 Å². The molecule has 1 N–H and O–H groups in total. The predicted octanol–water partition coefficient (Wildman–Crippen LogP) is 5.08. The van der Waals surface area contributed by atoms with Crippen LogP contribution in [0.1, 0.15) is 31.4 Å². The average Bonchev–Trinajstić information content (AvgIpc) is 3.56. The van der Waals surface area contributed by atoms with Gasteiger partial charge in [0, 0.05) is 41.8 Å². The van der Waals surface area contributed by atoms with Crippen molar-refractivity contribution in [1.29, 1.82) is 0 Å². The molecule has 4 heterocycles. The highest BCUT2D eigenvalue weighted by molar-refractivity contribution is 6.35. The first-order valence-corrected chi connectivity index (χ1v) is 11.5. The van der Waals surface area contributed by atoms with Crippen LogP contribution in [0.5, 0.6) is 0 Å². The number of furan rings is 1. The molecule has 2 aliphatic rings. The Morgan fingerprint density at radius 3 is 2.03 bits per heavy atom. The van der Waals surface area contributed by atoms with Crippen LogP contribution in [-0.2, 0) is 0 Å². The van der Waals surface area contributed by atoms with Gasteiger partial charge in [-0.1, -0.05) is 23.2 Å². The molecule has 0 amide bonds. The van der Waals surface area contributed by atoms with Gasteiger partial charge in [0.2, 0.25) is 17.8 Å². The minimum absolute atomic E-state index is 0.424. The van der Waals surface area contributed by atoms with E-state index in [-0.39, 0.29) is 0 Å². The van der Waals surface area contributed by atoms with Gasteiger partial charge in [-0.05, 0) is 56.0 Å². The van der Waals surface area contributed by atoms with Gasteiger partial charge in [0.05, 0.1) is 6.21 Å². The largest absolute Gasteiger partial charge is 0.455 e. The summed E-state index contributed by atoms with van der Waals surface area (Å²) in [6.45, 7) is 3.87. The van der Waals surface area contributed by atoms with Crippen molar-refractivity contribution in [2.24, 2.45) is 5.10 Å². The highest BCUT2D eigenvalue weighted by Gasteiger charge is 2.21. The molecule has 32 heavy (non-hydrogen) atoms. The minimum Gasteiger partial charge on any atom is -0.455 e. The molecule has 0 bridgehead atoms. The molecule has 2 aliphatic heterocycles. The van der Waals surface area contributed by atoms with Crippen molar-refractivity contribution in [2.45, 2.75) is 25.7 Å². The number of nitrogens with one attached hydrogen (secondary N) is 1. The molecule has 10 heteroatoms. The van der Waals surface area contributed by atoms with Crippen molar-refractivity contribution in [1.82, 2.24) is 15.0 Å². The summed E-state index contributed by atoms with van der Waals surface area (Å²) in [5, 5.41) is 5.39. The van der Waals surface area contributed by atoms with Crippen molar-refractivity contribution in [3.8, 4) is 11.3 Å². The SMILES string of the molecule is Clc1cc(Cl)cc(-c2ccc(/C=N/Nc3nc(N4CCCC4)nc(N4CCCC4)n3)o2)c1. The zero-order valence-electron chi connectivity index (χ0n) is 17.5. The summed E-state index contributed by atoms with van der Waals surface area (Å²) < 4.78 is 5.85. The Morgan fingerprint density at radius 2 is 1.44 bits per heavy atom. The van der Waals surface area contributed by atoms with Gasteiger partial charge in [-0.15, -0.1) is 0 Å². The molecular weight excluding hydrogens is 449 g/mol.